The van der Waals surface area contributed by atoms with E-state index in [1.165, 1.54) is 42.3 Å². The van der Waals surface area contributed by atoms with Crippen LogP contribution in [0.1, 0.15) is 38.3 Å². The van der Waals surface area contributed by atoms with E-state index in [0.717, 1.165) is 18.8 Å². The summed E-state index contributed by atoms with van der Waals surface area (Å²) in [6.45, 7) is 4.14. The molecule has 0 radical (unpaired) electrons. The molecule has 2 aromatic rings. The van der Waals surface area contributed by atoms with Crippen molar-refractivity contribution in [3.8, 4) is 0 Å². The molecule has 102 valence electrons. The molecule has 3 nitrogen and oxygen atoms in total. The van der Waals surface area contributed by atoms with Crippen LogP contribution in [0.2, 0.25) is 0 Å². The molecule has 0 spiro atoms. The lowest BCUT2D eigenvalue weighted by Crippen LogP contribution is -2.26. The molecule has 0 aliphatic heterocycles. The Labute approximate surface area is 114 Å². The van der Waals surface area contributed by atoms with Crippen molar-refractivity contribution in [1.29, 1.82) is 0 Å². The maximum atomic E-state index is 6.08. The van der Waals surface area contributed by atoms with Crippen molar-refractivity contribution < 1.29 is 0 Å². The molecule has 1 aliphatic carbocycles. The van der Waals surface area contributed by atoms with Gasteiger partial charge >= 0.3 is 0 Å². The summed E-state index contributed by atoms with van der Waals surface area (Å²) in [6, 6.07) is 9.14. The van der Waals surface area contributed by atoms with E-state index >= 15 is 0 Å². The average Bonchev–Trinajstić information content (AvgIpc) is 3.03. The standard InChI is InChI=1S/C16H23N3/c1-2-19-13(11-18-12-6-3-4-7-12)10-14-15(17)8-5-9-16(14)19/h5,8-10,12,18H,2-4,6-7,11,17H2,1H3. The minimum atomic E-state index is 0.709. The molecule has 1 aromatic heterocycles. The summed E-state index contributed by atoms with van der Waals surface area (Å²) < 4.78 is 2.37. The Morgan fingerprint density at radius 1 is 1.32 bits per heavy atom. The molecule has 3 rings (SSSR count). The molecular formula is C16H23N3. The van der Waals surface area contributed by atoms with Crippen molar-refractivity contribution >= 4 is 16.6 Å². The maximum Gasteiger partial charge on any atom is 0.0503 e. The van der Waals surface area contributed by atoms with Gasteiger partial charge in [-0.1, -0.05) is 18.9 Å². The molecule has 3 N–H and O–H groups in total. The van der Waals surface area contributed by atoms with Crippen LogP contribution in [0.3, 0.4) is 0 Å². The zero-order valence-corrected chi connectivity index (χ0v) is 11.7. The number of fused-ring (bicyclic) bond motifs is 1. The number of nitrogens with zero attached hydrogens (tertiary/aromatic N) is 1. The molecule has 0 atom stereocenters. The molecule has 0 amide bonds. The molecule has 19 heavy (non-hydrogen) atoms. The third kappa shape index (κ3) is 2.35. The van der Waals surface area contributed by atoms with Crippen molar-refractivity contribution in [2.45, 2.75) is 51.7 Å². The highest BCUT2D eigenvalue weighted by Gasteiger charge is 2.15. The van der Waals surface area contributed by atoms with Gasteiger partial charge in [0.05, 0.1) is 5.52 Å². The number of anilines is 1. The highest BCUT2D eigenvalue weighted by atomic mass is 15.0. The lowest BCUT2D eigenvalue weighted by Gasteiger charge is -2.13. The minimum Gasteiger partial charge on any atom is -0.398 e. The van der Waals surface area contributed by atoms with E-state index in [9.17, 15) is 0 Å². The second-order valence-electron chi connectivity index (χ2n) is 5.52. The number of benzene rings is 1. The molecule has 0 bridgehead atoms. The van der Waals surface area contributed by atoms with Crippen LogP contribution in [-0.4, -0.2) is 10.6 Å². The summed E-state index contributed by atoms with van der Waals surface area (Å²) in [5.74, 6) is 0. The van der Waals surface area contributed by atoms with Crippen LogP contribution in [0.15, 0.2) is 24.3 Å². The Hall–Kier alpha value is -1.48. The topological polar surface area (TPSA) is 43.0 Å². The van der Waals surface area contributed by atoms with Gasteiger partial charge in [-0.15, -0.1) is 0 Å². The maximum absolute atomic E-state index is 6.08. The molecular weight excluding hydrogens is 234 g/mol. The smallest absolute Gasteiger partial charge is 0.0503 e. The SMILES string of the molecule is CCn1c(CNC2CCCC2)cc2c(N)cccc21. The van der Waals surface area contributed by atoms with E-state index in [1.54, 1.807) is 0 Å². The number of rotatable bonds is 4. The van der Waals surface area contributed by atoms with E-state index in [4.69, 9.17) is 5.73 Å². The first-order valence-electron chi connectivity index (χ1n) is 7.39. The number of nitrogens with two attached hydrogens (primary N) is 1. The van der Waals surface area contributed by atoms with E-state index in [-0.39, 0.29) is 0 Å². The molecule has 1 saturated carbocycles. The number of hydrogen-bond acceptors (Lipinski definition) is 2. The minimum absolute atomic E-state index is 0.709. The van der Waals surface area contributed by atoms with Crippen molar-refractivity contribution in [2.75, 3.05) is 5.73 Å². The van der Waals surface area contributed by atoms with Gasteiger partial charge in [-0.05, 0) is 38.0 Å². The van der Waals surface area contributed by atoms with Gasteiger partial charge in [0.1, 0.15) is 0 Å². The van der Waals surface area contributed by atoms with E-state index in [0.29, 0.717) is 6.04 Å². The predicted molar refractivity (Wildman–Crippen MR) is 81.1 cm³/mol. The summed E-state index contributed by atoms with van der Waals surface area (Å²) >= 11 is 0. The monoisotopic (exact) mass is 257 g/mol. The van der Waals surface area contributed by atoms with E-state index in [2.05, 4.69) is 28.9 Å². The molecule has 1 aliphatic rings. The van der Waals surface area contributed by atoms with Crippen molar-refractivity contribution in [3.05, 3.63) is 30.0 Å². The van der Waals surface area contributed by atoms with Gasteiger partial charge in [0, 0.05) is 35.9 Å². The van der Waals surface area contributed by atoms with Crippen LogP contribution in [0.25, 0.3) is 10.9 Å². The fraction of sp³-hybridized carbons (Fsp3) is 0.500. The fourth-order valence-corrected chi connectivity index (χ4v) is 3.26. The molecule has 3 heteroatoms. The first-order valence-corrected chi connectivity index (χ1v) is 7.39. The zero-order valence-electron chi connectivity index (χ0n) is 11.7. The zero-order chi connectivity index (χ0) is 13.2. The highest BCUT2D eigenvalue weighted by Crippen LogP contribution is 2.26. The number of nitrogens with one attached hydrogen (secondary N) is 1. The van der Waals surface area contributed by atoms with Gasteiger partial charge in [-0.25, -0.2) is 0 Å². The Kier molecular flexibility index (Phi) is 3.47. The molecule has 1 fully saturated rings. The fourth-order valence-electron chi connectivity index (χ4n) is 3.26. The molecule has 0 saturated heterocycles. The third-order valence-electron chi connectivity index (χ3n) is 4.31. The van der Waals surface area contributed by atoms with Gasteiger partial charge < -0.3 is 15.6 Å². The molecule has 1 aromatic carbocycles. The highest BCUT2D eigenvalue weighted by molar-refractivity contribution is 5.92. The average molecular weight is 257 g/mol. The summed E-state index contributed by atoms with van der Waals surface area (Å²) in [4.78, 5) is 0. The Morgan fingerprint density at radius 2 is 2.11 bits per heavy atom. The molecule has 0 unspecified atom stereocenters. The lowest BCUT2D eigenvalue weighted by atomic mass is 10.2. The summed E-state index contributed by atoms with van der Waals surface area (Å²) in [7, 11) is 0. The van der Waals surface area contributed by atoms with Crippen LogP contribution in [0.5, 0.6) is 0 Å². The second kappa shape index (κ2) is 5.25. The van der Waals surface area contributed by atoms with Crippen LogP contribution in [0, 0.1) is 0 Å². The number of aromatic nitrogens is 1. The van der Waals surface area contributed by atoms with Crippen molar-refractivity contribution in [1.82, 2.24) is 9.88 Å². The predicted octanol–water partition coefficient (Wildman–Crippen LogP) is 3.28. The number of nitrogen functional groups attached to an aromatic ring is 1. The van der Waals surface area contributed by atoms with Gasteiger partial charge in [-0.3, -0.25) is 0 Å². The lowest BCUT2D eigenvalue weighted by molar-refractivity contribution is 0.510. The second-order valence-corrected chi connectivity index (χ2v) is 5.52. The Morgan fingerprint density at radius 3 is 2.84 bits per heavy atom. The number of aryl methyl sites for hydroxylation is 1. The largest absolute Gasteiger partial charge is 0.398 e. The number of hydrogen-bond donors (Lipinski definition) is 2. The summed E-state index contributed by atoms with van der Waals surface area (Å²) in [5, 5.41) is 4.88. The summed E-state index contributed by atoms with van der Waals surface area (Å²) in [5.41, 5.74) is 9.56. The quantitative estimate of drug-likeness (QED) is 0.825. The Bertz CT molecular complexity index is 565. The normalized spacial score (nSPS) is 16.5. The van der Waals surface area contributed by atoms with Crippen LogP contribution < -0.4 is 11.1 Å². The Balaban J connectivity index is 1.87. The van der Waals surface area contributed by atoms with Crippen molar-refractivity contribution in [3.63, 3.8) is 0 Å². The van der Waals surface area contributed by atoms with Gasteiger partial charge in [-0.2, -0.15) is 0 Å². The first-order chi connectivity index (χ1) is 9.29. The first kappa shape index (κ1) is 12.5. The van der Waals surface area contributed by atoms with Gasteiger partial charge in [0.2, 0.25) is 0 Å². The summed E-state index contributed by atoms with van der Waals surface area (Å²) in [6.07, 6.45) is 5.41. The van der Waals surface area contributed by atoms with Crippen LogP contribution in [0.4, 0.5) is 5.69 Å². The molecule has 1 heterocycles. The third-order valence-corrected chi connectivity index (χ3v) is 4.31. The van der Waals surface area contributed by atoms with Gasteiger partial charge in [0.25, 0.3) is 0 Å². The van der Waals surface area contributed by atoms with Crippen LogP contribution >= 0.6 is 0 Å². The van der Waals surface area contributed by atoms with E-state index in [1.807, 2.05) is 12.1 Å². The van der Waals surface area contributed by atoms with Gasteiger partial charge in [0.15, 0.2) is 0 Å². The van der Waals surface area contributed by atoms with Crippen LogP contribution in [-0.2, 0) is 13.1 Å². The van der Waals surface area contributed by atoms with E-state index < -0.39 is 0 Å². The van der Waals surface area contributed by atoms with Crippen molar-refractivity contribution in [2.24, 2.45) is 0 Å².